The van der Waals surface area contributed by atoms with Crippen LogP contribution in [0.3, 0.4) is 0 Å². The van der Waals surface area contributed by atoms with Gasteiger partial charge >= 0.3 is 6.03 Å². The number of piperazine rings is 1. The molecule has 0 aromatic heterocycles. The SMILES string of the molecule is O=C1CN(C(=O)N[C@@H]2CCCOc3ccccc32)[C@@H]2CCCC[C@H]2N1. The van der Waals surface area contributed by atoms with E-state index in [1.54, 1.807) is 4.90 Å². The summed E-state index contributed by atoms with van der Waals surface area (Å²) >= 11 is 0. The molecular formula is C19H25N3O3. The molecule has 0 bridgehead atoms. The average molecular weight is 343 g/mol. The smallest absolute Gasteiger partial charge is 0.318 e. The number of ether oxygens (including phenoxy) is 1. The second-order valence-electron chi connectivity index (χ2n) is 7.18. The molecule has 25 heavy (non-hydrogen) atoms. The average Bonchev–Trinajstić information content (AvgIpc) is 2.83. The number of amides is 3. The predicted octanol–water partition coefficient (Wildman–Crippen LogP) is 2.35. The van der Waals surface area contributed by atoms with E-state index in [0.29, 0.717) is 6.61 Å². The van der Waals surface area contributed by atoms with Gasteiger partial charge in [-0.1, -0.05) is 31.0 Å². The Morgan fingerprint density at radius 3 is 2.92 bits per heavy atom. The second-order valence-corrected chi connectivity index (χ2v) is 7.18. The topological polar surface area (TPSA) is 70.7 Å². The molecular weight excluding hydrogens is 318 g/mol. The van der Waals surface area contributed by atoms with Crippen LogP contribution in [-0.4, -0.2) is 42.1 Å². The Hall–Kier alpha value is -2.24. The van der Waals surface area contributed by atoms with Gasteiger partial charge in [0.25, 0.3) is 0 Å². The van der Waals surface area contributed by atoms with E-state index >= 15 is 0 Å². The first-order chi connectivity index (χ1) is 12.2. The number of carbonyl (C=O) groups excluding carboxylic acids is 2. The molecule has 1 aliphatic carbocycles. The number of para-hydroxylation sites is 1. The fraction of sp³-hybridized carbons (Fsp3) is 0.579. The van der Waals surface area contributed by atoms with E-state index in [-0.39, 0.29) is 36.6 Å². The van der Waals surface area contributed by atoms with Crippen molar-refractivity contribution in [1.82, 2.24) is 15.5 Å². The number of benzene rings is 1. The standard InChI is InChI=1S/C19H25N3O3/c23-18-12-22(16-9-3-2-7-15(16)20-18)19(24)21-14-8-5-11-25-17-10-4-1-6-13(14)17/h1,4,6,10,14-16H,2-3,5,7-9,11-12H2,(H,20,23)(H,21,24)/t14-,15-,16-/m1/s1. The van der Waals surface area contributed by atoms with E-state index in [4.69, 9.17) is 4.74 Å². The molecule has 0 unspecified atom stereocenters. The lowest BCUT2D eigenvalue weighted by Gasteiger charge is -2.44. The van der Waals surface area contributed by atoms with Crippen LogP contribution in [0, 0.1) is 0 Å². The molecule has 3 amide bonds. The highest BCUT2D eigenvalue weighted by Crippen LogP contribution is 2.32. The minimum absolute atomic E-state index is 0.0529. The molecule has 134 valence electrons. The Kier molecular flexibility index (Phi) is 4.51. The van der Waals surface area contributed by atoms with Crippen molar-refractivity contribution in [2.24, 2.45) is 0 Å². The van der Waals surface area contributed by atoms with Gasteiger partial charge < -0.3 is 20.3 Å². The maximum Gasteiger partial charge on any atom is 0.318 e. The molecule has 4 rings (SSSR count). The van der Waals surface area contributed by atoms with Crippen molar-refractivity contribution in [3.05, 3.63) is 29.8 Å². The summed E-state index contributed by atoms with van der Waals surface area (Å²) in [6, 6.07) is 7.90. The number of rotatable bonds is 1. The maximum absolute atomic E-state index is 13.0. The lowest BCUT2D eigenvalue weighted by atomic mass is 9.87. The van der Waals surface area contributed by atoms with Crippen LogP contribution >= 0.6 is 0 Å². The molecule has 1 aromatic carbocycles. The van der Waals surface area contributed by atoms with E-state index in [2.05, 4.69) is 10.6 Å². The highest BCUT2D eigenvalue weighted by Gasteiger charge is 2.39. The third kappa shape index (κ3) is 3.30. The van der Waals surface area contributed by atoms with Crippen molar-refractivity contribution in [3.8, 4) is 5.75 Å². The second kappa shape index (κ2) is 6.94. The lowest BCUT2D eigenvalue weighted by molar-refractivity contribution is -0.126. The number of hydrogen-bond donors (Lipinski definition) is 2. The number of fused-ring (bicyclic) bond motifs is 2. The molecule has 3 aliphatic rings. The van der Waals surface area contributed by atoms with Crippen LogP contribution in [0.5, 0.6) is 5.75 Å². The van der Waals surface area contributed by atoms with Crippen LogP contribution in [0.4, 0.5) is 4.79 Å². The van der Waals surface area contributed by atoms with Gasteiger partial charge in [0.2, 0.25) is 5.91 Å². The number of nitrogens with zero attached hydrogens (tertiary/aromatic N) is 1. The van der Waals surface area contributed by atoms with Crippen LogP contribution in [0.2, 0.25) is 0 Å². The van der Waals surface area contributed by atoms with Crippen LogP contribution in [0.25, 0.3) is 0 Å². The van der Waals surface area contributed by atoms with Gasteiger partial charge in [-0.3, -0.25) is 4.79 Å². The van der Waals surface area contributed by atoms with Gasteiger partial charge in [-0.2, -0.15) is 0 Å². The Morgan fingerprint density at radius 1 is 1.16 bits per heavy atom. The van der Waals surface area contributed by atoms with Gasteiger partial charge in [0.1, 0.15) is 12.3 Å². The first kappa shape index (κ1) is 16.2. The minimum atomic E-state index is -0.131. The number of hydrogen-bond acceptors (Lipinski definition) is 3. The van der Waals surface area contributed by atoms with Crippen molar-refractivity contribution < 1.29 is 14.3 Å². The van der Waals surface area contributed by atoms with Crippen molar-refractivity contribution in [2.75, 3.05) is 13.2 Å². The molecule has 2 aliphatic heterocycles. The Labute approximate surface area is 147 Å². The zero-order valence-corrected chi connectivity index (χ0v) is 14.4. The van der Waals surface area contributed by atoms with Gasteiger partial charge in [0.15, 0.2) is 0 Å². The summed E-state index contributed by atoms with van der Waals surface area (Å²) in [4.78, 5) is 26.8. The molecule has 6 nitrogen and oxygen atoms in total. The Bertz CT molecular complexity index is 663. The first-order valence-corrected chi connectivity index (χ1v) is 9.30. The zero-order chi connectivity index (χ0) is 17.2. The summed E-state index contributed by atoms with van der Waals surface area (Å²) in [5.41, 5.74) is 1.02. The van der Waals surface area contributed by atoms with Crippen LogP contribution in [0.15, 0.2) is 24.3 Å². The number of nitrogens with one attached hydrogen (secondary N) is 2. The van der Waals surface area contributed by atoms with Crippen molar-refractivity contribution in [3.63, 3.8) is 0 Å². The monoisotopic (exact) mass is 343 g/mol. The molecule has 0 spiro atoms. The van der Waals surface area contributed by atoms with Gasteiger partial charge in [-0.25, -0.2) is 4.79 Å². The summed E-state index contributed by atoms with van der Waals surface area (Å²) in [6.45, 7) is 0.818. The number of carbonyl (C=O) groups is 2. The highest BCUT2D eigenvalue weighted by atomic mass is 16.5. The van der Waals surface area contributed by atoms with E-state index < -0.39 is 0 Å². The quantitative estimate of drug-likeness (QED) is 0.822. The molecule has 2 fully saturated rings. The summed E-state index contributed by atoms with van der Waals surface area (Å²) in [6.07, 6.45) is 5.89. The highest BCUT2D eigenvalue weighted by molar-refractivity contribution is 5.86. The van der Waals surface area contributed by atoms with Crippen LogP contribution in [0.1, 0.15) is 50.1 Å². The van der Waals surface area contributed by atoms with Gasteiger partial charge in [-0.15, -0.1) is 0 Å². The largest absolute Gasteiger partial charge is 0.493 e. The van der Waals surface area contributed by atoms with E-state index in [1.807, 2.05) is 24.3 Å². The molecule has 0 radical (unpaired) electrons. The van der Waals surface area contributed by atoms with E-state index in [9.17, 15) is 9.59 Å². The summed E-state index contributed by atoms with van der Waals surface area (Å²) < 4.78 is 5.78. The summed E-state index contributed by atoms with van der Waals surface area (Å²) in [5.74, 6) is 0.792. The Balaban J connectivity index is 1.52. The van der Waals surface area contributed by atoms with Crippen molar-refractivity contribution in [1.29, 1.82) is 0 Å². The van der Waals surface area contributed by atoms with Crippen molar-refractivity contribution in [2.45, 2.75) is 56.7 Å². The molecule has 2 heterocycles. The summed E-state index contributed by atoms with van der Waals surface area (Å²) in [5, 5.41) is 6.22. The van der Waals surface area contributed by atoms with Crippen LogP contribution in [-0.2, 0) is 4.79 Å². The zero-order valence-electron chi connectivity index (χ0n) is 14.4. The lowest BCUT2D eigenvalue weighted by Crippen LogP contribution is -2.64. The molecule has 1 saturated carbocycles. The maximum atomic E-state index is 13.0. The fourth-order valence-electron chi connectivity index (χ4n) is 4.31. The molecule has 1 saturated heterocycles. The fourth-order valence-corrected chi connectivity index (χ4v) is 4.31. The number of urea groups is 1. The Morgan fingerprint density at radius 2 is 2.00 bits per heavy atom. The van der Waals surface area contributed by atoms with Gasteiger partial charge in [0.05, 0.1) is 18.7 Å². The third-order valence-electron chi connectivity index (χ3n) is 5.54. The molecule has 3 atom stereocenters. The normalized spacial score (nSPS) is 28.7. The van der Waals surface area contributed by atoms with Crippen LogP contribution < -0.4 is 15.4 Å². The molecule has 6 heteroatoms. The van der Waals surface area contributed by atoms with E-state index in [0.717, 1.165) is 49.8 Å². The van der Waals surface area contributed by atoms with E-state index in [1.165, 1.54) is 0 Å². The minimum Gasteiger partial charge on any atom is -0.493 e. The van der Waals surface area contributed by atoms with Gasteiger partial charge in [0, 0.05) is 11.6 Å². The predicted molar refractivity (Wildman–Crippen MR) is 93.3 cm³/mol. The third-order valence-corrected chi connectivity index (χ3v) is 5.54. The first-order valence-electron chi connectivity index (χ1n) is 9.30. The van der Waals surface area contributed by atoms with Crippen molar-refractivity contribution >= 4 is 11.9 Å². The molecule has 2 N–H and O–H groups in total. The van der Waals surface area contributed by atoms with Gasteiger partial charge in [-0.05, 0) is 31.7 Å². The molecule has 1 aromatic rings. The summed E-state index contributed by atoms with van der Waals surface area (Å²) in [7, 11) is 0.